The summed E-state index contributed by atoms with van der Waals surface area (Å²) in [6, 6.07) is 16.6. The van der Waals surface area contributed by atoms with Crippen LogP contribution in [0.4, 0.5) is 5.69 Å². The van der Waals surface area contributed by atoms with Crippen molar-refractivity contribution < 1.29 is 4.42 Å². The SMILES string of the molecule is CCCCc1ccc(NC(=S)N(Cc2ccco2)Cc2cccs2)cc1. The van der Waals surface area contributed by atoms with E-state index in [4.69, 9.17) is 16.6 Å². The Hall–Kier alpha value is -2.11. The summed E-state index contributed by atoms with van der Waals surface area (Å²) in [6.07, 6.45) is 5.27. The number of rotatable bonds is 8. The molecule has 0 aliphatic rings. The molecule has 0 bridgehead atoms. The van der Waals surface area contributed by atoms with Crippen molar-refractivity contribution in [1.82, 2.24) is 4.90 Å². The van der Waals surface area contributed by atoms with Gasteiger partial charge >= 0.3 is 0 Å². The molecule has 0 atom stereocenters. The maximum atomic E-state index is 5.68. The Kier molecular flexibility index (Phi) is 6.86. The van der Waals surface area contributed by atoms with Crippen molar-refractivity contribution in [3.8, 4) is 0 Å². The minimum atomic E-state index is 0.644. The second kappa shape index (κ2) is 9.55. The first-order chi connectivity index (χ1) is 12.7. The molecule has 1 aromatic carbocycles. The number of furan rings is 1. The van der Waals surface area contributed by atoms with Gasteiger partial charge in [-0.3, -0.25) is 0 Å². The Morgan fingerprint density at radius 3 is 2.62 bits per heavy atom. The van der Waals surface area contributed by atoms with Crippen molar-refractivity contribution in [2.24, 2.45) is 0 Å². The summed E-state index contributed by atoms with van der Waals surface area (Å²) in [4.78, 5) is 3.40. The molecule has 1 N–H and O–H groups in total. The molecule has 26 heavy (non-hydrogen) atoms. The zero-order valence-corrected chi connectivity index (χ0v) is 16.6. The highest BCUT2D eigenvalue weighted by molar-refractivity contribution is 7.80. The van der Waals surface area contributed by atoms with Crippen LogP contribution in [0.1, 0.15) is 36.0 Å². The standard InChI is InChI=1S/C21H24N2OS2/c1-2-3-6-17-9-11-18(12-10-17)22-21(25)23(15-19-7-4-13-24-19)16-20-8-5-14-26-20/h4-5,7-14H,2-3,6,15-16H2,1H3,(H,22,25). The summed E-state index contributed by atoms with van der Waals surface area (Å²) in [5, 5.41) is 6.16. The first kappa shape index (κ1) is 18.7. The smallest absolute Gasteiger partial charge is 0.174 e. The van der Waals surface area contributed by atoms with Crippen molar-refractivity contribution in [3.63, 3.8) is 0 Å². The summed E-state index contributed by atoms with van der Waals surface area (Å²) >= 11 is 7.42. The maximum absolute atomic E-state index is 5.68. The number of aryl methyl sites for hydroxylation is 1. The number of benzene rings is 1. The number of anilines is 1. The van der Waals surface area contributed by atoms with Gasteiger partial charge < -0.3 is 14.6 Å². The lowest BCUT2D eigenvalue weighted by Crippen LogP contribution is -2.33. The highest BCUT2D eigenvalue weighted by Gasteiger charge is 2.13. The minimum absolute atomic E-state index is 0.644. The largest absolute Gasteiger partial charge is 0.467 e. The molecule has 0 radical (unpaired) electrons. The quantitative estimate of drug-likeness (QED) is 0.476. The normalized spacial score (nSPS) is 10.7. The molecule has 0 unspecified atom stereocenters. The fourth-order valence-electron chi connectivity index (χ4n) is 2.72. The van der Waals surface area contributed by atoms with E-state index in [1.807, 2.05) is 12.1 Å². The summed E-state index contributed by atoms with van der Waals surface area (Å²) in [5.74, 6) is 0.903. The molecule has 0 amide bonds. The Morgan fingerprint density at radius 2 is 1.96 bits per heavy atom. The number of thiophene rings is 1. The van der Waals surface area contributed by atoms with E-state index in [-0.39, 0.29) is 0 Å². The van der Waals surface area contributed by atoms with Gasteiger partial charge in [0.25, 0.3) is 0 Å². The highest BCUT2D eigenvalue weighted by atomic mass is 32.1. The van der Waals surface area contributed by atoms with Crippen molar-refractivity contribution in [1.29, 1.82) is 0 Å². The molecule has 3 aromatic rings. The third kappa shape index (κ3) is 5.44. The van der Waals surface area contributed by atoms with Gasteiger partial charge in [0.1, 0.15) is 5.76 Å². The molecule has 0 fully saturated rings. The molecule has 0 aliphatic heterocycles. The first-order valence-corrected chi connectivity index (χ1v) is 10.2. The lowest BCUT2D eigenvalue weighted by molar-refractivity contribution is 0.362. The Labute approximate surface area is 164 Å². The Bertz CT molecular complexity index is 744. The molecule has 0 aliphatic carbocycles. The predicted octanol–water partition coefficient (Wildman–Crippen LogP) is 6.08. The van der Waals surface area contributed by atoms with Crippen LogP contribution in [0.3, 0.4) is 0 Å². The molecule has 5 heteroatoms. The van der Waals surface area contributed by atoms with Crippen LogP contribution in [0.5, 0.6) is 0 Å². The fraction of sp³-hybridized carbons (Fsp3) is 0.286. The Balaban J connectivity index is 1.66. The summed E-state index contributed by atoms with van der Waals surface area (Å²) < 4.78 is 5.51. The monoisotopic (exact) mass is 384 g/mol. The minimum Gasteiger partial charge on any atom is -0.467 e. The van der Waals surface area contributed by atoms with Gasteiger partial charge in [-0.1, -0.05) is 31.5 Å². The van der Waals surface area contributed by atoms with E-state index >= 15 is 0 Å². The van der Waals surface area contributed by atoms with E-state index in [9.17, 15) is 0 Å². The zero-order chi connectivity index (χ0) is 18.2. The number of unbranched alkanes of at least 4 members (excludes halogenated alkanes) is 1. The highest BCUT2D eigenvalue weighted by Crippen LogP contribution is 2.18. The maximum Gasteiger partial charge on any atom is 0.174 e. The molecule has 3 rings (SSSR count). The number of nitrogens with one attached hydrogen (secondary N) is 1. The van der Waals surface area contributed by atoms with E-state index < -0.39 is 0 Å². The number of hydrogen-bond acceptors (Lipinski definition) is 3. The molecule has 0 spiro atoms. The van der Waals surface area contributed by atoms with Gasteiger partial charge in [-0.15, -0.1) is 11.3 Å². The summed E-state index contributed by atoms with van der Waals surface area (Å²) in [7, 11) is 0. The van der Waals surface area contributed by atoms with Crippen LogP contribution in [0, 0.1) is 0 Å². The van der Waals surface area contributed by atoms with Crippen LogP contribution in [-0.4, -0.2) is 10.0 Å². The fourth-order valence-corrected chi connectivity index (χ4v) is 3.69. The molecule has 0 saturated carbocycles. The van der Waals surface area contributed by atoms with E-state index in [0.717, 1.165) is 24.4 Å². The van der Waals surface area contributed by atoms with Gasteiger partial charge in [0.15, 0.2) is 5.11 Å². The van der Waals surface area contributed by atoms with Crippen molar-refractivity contribution in [2.45, 2.75) is 39.3 Å². The van der Waals surface area contributed by atoms with Crippen LogP contribution >= 0.6 is 23.6 Å². The van der Waals surface area contributed by atoms with Crippen LogP contribution in [0.25, 0.3) is 0 Å². The first-order valence-electron chi connectivity index (χ1n) is 8.94. The number of nitrogens with zero attached hydrogens (tertiary/aromatic N) is 1. The van der Waals surface area contributed by atoms with Gasteiger partial charge in [0.2, 0.25) is 0 Å². The molecular weight excluding hydrogens is 360 g/mol. The predicted molar refractivity (Wildman–Crippen MR) is 114 cm³/mol. The number of hydrogen-bond donors (Lipinski definition) is 1. The van der Waals surface area contributed by atoms with Crippen LogP contribution < -0.4 is 5.32 Å². The molecule has 136 valence electrons. The van der Waals surface area contributed by atoms with Crippen molar-refractivity contribution >= 4 is 34.4 Å². The van der Waals surface area contributed by atoms with E-state index in [1.165, 1.54) is 23.3 Å². The third-order valence-electron chi connectivity index (χ3n) is 4.17. The lowest BCUT2D eigenvalue weighted by Gasteiger charge is -2.24. The molecular formula is C21H24N2OS2. The third-order valence-corrected chi connectivity index (χ3v) is 5.39. The van der Waals surface area contributed by atoms with E-state index in [2.05, 4.69) is 58.9 Å². The van der Waals surface area contributed by atoms with Gasteiger partial charge in [-0.2, -0.15) is 0 Å². The summed E-state index contributed by atoms with van der Waals surface area (Å²) in [5.41, 5.74) is 2.39. The van der Waals surface area contributed by atoms with E-state index in [1.54, 1.807) is 17.6 Å². The Morgan fingerprint density at radius 1 is 1.12 bits per heavy atom. The topological polar surface area (TPSA) is 28.4 Å². The van der Waals surface area contributed by atoms with Gasteiger partial charge in [-0.25, -0.2) is 0 Å². The zero-order valence-electron chi connectivity index (χ0n) is 15.0. The van der Waals surface area contributed by atoms with Crippen molar-refractivity contribution in [3.05, 3.63) is 76.4 Å². The molecule has 3 nitrogen and oxygen atoms in total. The van der Waals surface area contributed by atoms with Gasteiger partial charge in [-0.05, 0) is 66.3 Å². The summed E-state index contributed by atoms with van der Waals surface area (Å²) in [6.45, 7) is 3.62. The van der Waals surface area contributed by atoms with Crippen LogP contribution in [0.2, 0.25) is 0 Å². The van der Waals surface area contributed by atoms with Crippen LogP contribution in [0.15, 0.2) is 64.6 Å². The van der Waals surface area contributed by atoms with Gasteiger partial charge in [0.05, 0.1) is 19.4 Å². The van der Waals surface area contributed by atoms with Gasteiger partial charge in [0, 0.05) is 10.6 Å². The molecule has 2 aromatic heterocycles. The van der Waals surface area contributed by atoms with Crippen LogP contribution in [-0.2, 0) is 19.5 Å². The average molecular weight is 385 g/mol. The lowest BCUT2D eigenvalue weighted by atomic mass is 10.1. The molecule has 0 saturated heterocycles. The number of thiocarbonyl (C=S) groups is 1. The second-order valence-corrected chi connectivity index (χ2v) is 7.66. The van der Waals surface area contributed by atoms with E-state index in [0.29, 0.717) is 11.7 Å². The average Bonchev–Trinajstić information content (AvgIpc) is 3.34. The van der Waals surface area contributed by atoms with Crippen molar-refractivity contribution in [2.75, 3.05) is 5.32 Å². The second-order valence-electron chi connectivity index (χ2n) is 6.25. The molecule has 2 heterocycles.